The molecule has 0 bridgehead atoms. The Hall–Kier alpha value is -8.07. The maximum atomic E-state index is 5.48. The first-order valence-corrected chi connectivity index (χ1v) is 21.9. The van der Waals surface area contributed by atoms with E-state index in [1.54, 1.807) is 0 Å². The molecule has 0 radical (unpaired) electrons. The number of nitrogens with zero attached hydrogens (tertiary/aromatic N) is 2. The molecular weight excluding hydrogens is 761 g/mol. The molecule has 10 aromatic carbocycles. The van der Waals surface area contributed by atoms with E-state index in [1.165, 1.54) is 93.1 Å². The monoisotopic (exact) mass is 802 g/mol. The van der Waals surface area contributed by atoms with Gasteiger partial charge in [-0.1, -0.05) is 189 Å². The lowest BCUT2D eigenvalue weighted by Crippen LogP contribution is -1.99. The second-order valence-corrected chi connectivity index (χ2v) is 16.5. The molecule has 2 nitrogen and oxygen atoms in total. The molecule has 0 amide bonds. The van der Waals surface area contributed by atoms with Gasteiger partial charge in [-0.2, -0.15) is 0 Å². The average molecular weight is 803 g/mol. The maximum Gasteiger partial charge on any atom is 0.0747 e. The van der Waals surface area contributed by atoms with Crippen LogP contribution in [0.2, 0.25) is 0 Å². The van der Waals surface area contributed by atoms with E-state index in [-0.39, 0.29) is 0 Å². The number of hydrogen-bond acceptors (Lipinski definition) is 1. The number of fused-ring (bicyclic) bond motifs is 9. The first-order chi connectivity index (χ1) is 31.2. The minimum atomic E-state index is 0.882. The second-order valence-electron chi connectivity index (χ2n) is 16.5. The third-order valence-electron chi connectivity index (χ3n) is 13.0. The largest absolute Gasteiger partial charge is 0.309 e. The molecule has 12 aromatic rings. The van der Waals surface area contributed by atoms with Gasteiger partial charge < -0.3 is 4.57 Å². The van der Waals surface area contributed by atoms with Gasteiger partial charge in [0.2, 0.25) is 0 Å². The summed E-state index contributed by atoms with van der Waals surface area (Å²) in [7, 11) is 0. The van der Waals surface area contributed by atoms with Crippen LogP contribution >= 0.6 is 0 Å². The maximum absolute atomic E-state index is 5.48. The molecular formula is C61H42N2. The number of benzene rings is 10. The highest BCUT2D eigenvalue weighted by atomic mass is 15.0. The summed E-state index contributed by atoms with van der Waals surface area (Å²) in [5.41, 5.74) is 16.4. The zero-order chi connectivity index (χ0) is 41.9. The molecule has 2 aromatic heterocycles. The first kappa shape index (κ1) is 36.8. The predicted octanol–water partition coefficient (Wildman–Crippen LogP) is 16.5. The summed E-state index contributed by atoms with van der Waals surface area (Å²) in [5.74, 6) is 0. The molecule has 2 heterocycles. The zero-order valence-corrected chi connectivity index (χ0v) is 35.0. The number of rotatable bonds is 7. The molecule has 2 heteroatoms. The molecule has 0 spiro atoms. The molecule has 0 unspecified atom stereocenters. The quantitative estimate of drug-likeness (QED) is 0.147. The topological polar surface area (TPSA) is 17.8 Å². The van der Waals surface area contributed by atoms with Crippen LogP contribution in [0.4, 0.5) is 0 Å². The van der Waals surface area contributed by atoms with E-state index in [9.17, 15) is 0 Å². The Kier molecular flexibility index (Phi) is 8.83. The Balaban J connectivity index is 1.05. The van der Waals surface area contributed by atoms with Crippen LogP contribution in [0.25, 0.3) is 116 Å². The van der Waals surface area contributed by atoms with E-state index >= 15 is 0 Å². The van der Waals surface area contributed by atoms with Gasteiger partial charge in [-0.3, -0.25) is 0 Å². The van der Waals surface area contributed by atoms with Gasteiger partial charge in [0.25, 0.3) is 0 Å². The summed E-state index contributed by atoms with van der Waals surface area (Å²) < 4.78 is 2.41. The summed E-state index contributed by atoms with van der Waals surface area (Å²) >= 11 is 0. The van der Waals surface area contributed by atoms with Crippen molar-refractivity contribution in [2.45, 2.75) is 13.3 Å². The van der Waals surface area contributed by atoms with Gasteiger partial charge in [-0.15, -0.1) is 0 Å². The van der Waals surface area contributed by atoms with Crippen LogP contribution in [0, 0.1) is 0 Å². The standard InChI is InChI=1S/C61H42N2/c1-2-47-54(42-19-8-4-9-20-42)39-57(62-61(47)43-21-10-5-11-22-43)45-31-35-53-55(38-45)50-24-13-12-23-49(50)52-27-16-26-48(60(52)53)44-32-36-59-56(37-44)51-25-14-15-28-58(51)63(59)46-33-29-41(30-34-46)40-17-6-3-7-18-40/h3-39H,2H2,1H3. The highest BCUT2D eigenvalue weighted by molar-refractivity contribution is 6.29. The van der Waals surface area contributed by atoms with Crippen LogP contribution in [0.3, 0.4) is 0 Å². The average Bonchev–Trinajstić information content (AvgIpc) is 3.70. The highest BCUT2D eigenvalue weighted by Gasteiger charge is 2.19. The van der Waals surface area contributed by atoms with Gasteiger partial charge in [0.15, 0.2) is 0 Å². The van der Waals surface area contributed by atoms with Gasteiger partial charge in [0.05, 0.1) is 22.4 Å². The lowest BCUT2D eigenvalue weighted by Gasteiger charge is -2.18. The van der Waals surface area contributed by atoms with E-state index in [0.29, 0.717) is 0 Å². The second kappa shape index (κ2) is 15.1. The van der Waals surface area contributed by atoms with Gasteiger partial charge >= 0.3 is 0 Å². The van der Waals surface area contributed by atoms with Crippen molar-refractivity contribution in [3.63, 3.8) is 0 Å². The number of para-hydroxylation sites is 1. The third-order valence-corrected chi connectivity index (χ3v) is 13.0. The fourth-order valence-electron chi connectivity index (χ4n) is 10.0. The van der Waals surface area contributed by atoms with Crippen molar-refractivity contribution >= 4 is 54.1 Å². The highest BCUT2D eigenvalue weighted by Crippen LogP contribution is 2.44. The summed E-state index contributed by atoms with van der Waals surface area (Å²) in [5, 5.41) is 9.96. The van der Waals surface area contributed by atoms with Crippen molar-refractivity contribution in [2.24, 2.45) is 0 Å². The lowest BCUT2D eigenvalue weighted by atomic mass is 9.88. The van der Waals surface area contributed by atoms with Crippen molar-refractivity contribution in [2.75, 3.05) is 0 Å². The van der Waals surface area contributed by atoms with E-state index in [4.69, 9.17) is 4.98 Å². The molecule has 0 saturated heterocycles. The number of hydrogen-bond donors (Lipinski definition) is 0. The number of pyridine rings is 1. The van der Waals surface area contributed by atoms with E-state index in [0.717, 1.165) is 34.6 Å². The van der Waals surface area contributed by atoms with Gasteiger partial charge in [0, 0.05) is 27.6 Å². The van der Waals surface area contributed by atoms with Gasteiger partial charge in [-0.25, -0.2) is 4.98 Å². The molecule has 63 heavy (non-hydrogen) atoms. The van der Waals surface area contributed by atoms with Gasteiger partial charge in [0.1, 0.15) is 0 Å². The van der Waals surface area contributed by atoms with Crippen LogP contribution in [0.15, 0.2) is 224 Å². The zero-order valence-electron chi connectivity index (χ0n) is 35.0. The van der Waals surface area contributed by atoms with E-state index < -0.39 is 0 Å². The Morgan fingerprint density at radius 1 is 0.349 bits per heavy atom. The Bertz CT molecular complexity index is 3620. The van der Waals surface area contributed by atoms with Crippen molar-refractivity contribution in [1.82, 2.24) is 9.55 Å². The molecule has 0 atom stereocenters. The van der Waals surface area contributed by atoms with Crippen molar-refractivity contribution < 1.29 is 0 Å². The third kappa shape index (κ3) is 6.14. The predicted molar refractivity (Wildman–Crippen MR) is 268 cm³/mol. The molecule has 12 rings (SSSR count). The molecule has 0 saturated carbocycles. The minimum Gasteiger partial charge on any atom is -0.309 e. The summed E-state index contributed by atoms with van der Waals surface area (Å²) in [6.07, 6.45) is 0.882. The van der Waals surface area contributed by atoms with E-state index in [1.807, 2.05) is 0 Å². The smallest absolute Gasteiger partial charge is 0.0747 e. The lowest BCUT2D eigenvalue weighted by molar-refractivity contribution is 1.11. The number of aromatic nitrogens is 2. The molecule has 0 fully saturated rings. The summed E-state index contributed by atoms with van der Waals surface area (Å²) in [6, 6.07) is 81.8. The SMILES string of the molecule is CCc1c(-c2ccccc2)cc(-c2ccc3c(c2)c2ccccc2c2cccc(-c4ccc5c(c4)c4ccccc4n5-c4ccc(-c5ccccc5)cc4)c23)nc1-c1ccccc1. The molecule has 296 valence electrons. The van der Waals surface area contributed by atoms with Crippen LogP contribution in [0.1, 0.15) is 12.5 Å². The minimum absolute atomic E-state index is 0.882. The van der Waals surface area contributed by atoms with Gasteiger partial charge in [-0.05, 0) is 120 Å². The molecule has 0 aliphatic carbocycles. The Labute approximate surface area is 367 Å². The molecule has 0 aliphatic heterocycles. The first-order valence-electron chi connectivity index (χ1n) is 21.9. The molecule has 0 N–H and O–H groups in total. The Morgan fingerprint density at radius 2 is 0.889 bits per heavy atom. The van der Waals surface area contributed by atoms with Crippen molar-refractivity contribution in [1.29, 1.82) is 0 Å². The fourth-order valence-corrected chi connectivity index (χ4v) is 10.0. The Morgan fingerprint density at radius 3 is 1.62 bits per heavy atom. The fraction of sp³-hybridized carbons (Fsp3) is 0.0328. The normalized spacial score (nSPS) is 11.6. The van der Waals surface area contributed by atoms with Crippen LogP contribution < -0.4 is 0 Å². The van der Waals surface area contributed by atoms with Crippen molar-refractivity contribution in [3.8, 4) is 61.6 Å². The van der Waals surface area contributed by atoms with Crippen molar-refractivity contribution in [3.05, 3.63) is 230 Å². The van der Waals surface area contributed by atoms with E-state index in [2.05, 4.69) is 236 Å². The van der Waals surface area contributed by atoms with Crippen LogP contribution in [-0.2, 0) is 6.42 Å². The van der Waals surface area contributed by atoms with Crippen LogP contribution in [0.5, 0.6) is 0 Å². The van der Waals surface area contributed by atoms with Crippen LogP contribution in [-0.4, -0.2) is 9.55 Å². The molecule has 0 aliphatic rings. The summed E-state index contributed by atoms with van der Waals surface area (Å²) in [6.45, 7) is 2.24. The summed E-state index contributed by atoms with van der Waals surface area (Å²) in [4.78, 5) is 5.48.